The molecule has 0 heterocycles. The Hall–Kier alpha value is -2.82. The standard InChI is InChI=1S/C25H41N5O5/c1-15(2)20(28)24(33)30(23(32)18(27)12-8-9-13-26)19(14-17-10-6-5-7-11-17)22(31)29-21(16(3)4)25(34)35/h5-7,10-11,15-16,18-21H,8-9,12-14,26-28H2,1-4H3,(H,29,31)(H,34,35). The highest BCUT2D eigenvalue weighted by Gasteiger charge is 2.41. The number of carbonyl (C=O) groups excluding carboxylic acids is 3. The van der Waals surface area contributed by atoms with Gasteiger partial charge in [-0.05, 0) is 36.8 Å². The Morgan fingerprint density at radius 1 is 0.943 bits per heavy atom. The van der Waals surface area contributed by atoms with Gasteiger partial charge in [0.25, 0.3) is 0 Å². The van der Waals surface area contributed by atoms with Gasteiger partial charge in [-0.25, -0.2) is 4.79 Å². The summed E-state index contributed by atoms with van der Waals surface area (Å²) in [4.78, 5) is 53.0. The zero-order valence-electron chi connectivity index (χ0n) is 21.1. The first-order valence-corrected chi connectivity index (χ1v) is 12.1. The molecule has 0 bridgehead atoms. The molecule has 8 N–H and O–H groups in total. The largest absolute Gasteiger partial charge is 0.480 e. The van der Waals surface area contributed by atoms with E-state index < -0.39 is 53.8 Å². The van der Waals surface area contributed by atoms with Crippen molar-refractivity contribution in [3.63, 3.8) is 0 Å². The van der Waals surface area contributed by atoms with Gasteiger partial charge in [-0.15, -0.1) is 0 Å². The van der Waals surface area contributed by atoms with E-state index in [0.717, 1.165) is 4.90 Å². The molecule has 0 aliphatic heterocycles. The van der Waals surface area contributed by atoms with Crippen molar-refractivity contribution in [3.8, 4) is 0 Å². The molecular formula is C25H41N5O5. The molecular weight excluding hydrogens is 450 g/mol. The quantitative estimate of drug-likeness (QED) is 0.235. The fourth-order valence-corrected chi connectivity index (χ4v) is 3.57. The SMILES string of the molecule is CC(C)C(N)C(=O)N(C(=O)C(N)CCCCN)C(Cc1ccccc1)C(=O)NC(C(=O)O)C(C)C. The van der Waals surface area contributed by atoms with E-state index in [4.69, 9.17) is 17.2 Å². The monoisotopic (exact) mass is 491 g/mol. The van der Waals surface area contributed by atoms with Crippen LogP contribution >= 0.6 is 0 Å². The molecule has 10 heteroatoms. The summed E-state index contributed by atoms with van der Waals surface area (Å²) in [7, 11) is 0. The lowest BCUT2D eigenvalue weighted by molar-refractivity contribution is -0.155. The average molecular weight is 492 g/mol. The Morgan fingerprint density at radius 2 is 1.54 bits per heavy atom. The van der Waals surface area contributed by atoms with Gasteiger partial charge in [0.05, 0.1) is 12.1 Å². The molecule has 10 nitrogen and oxygen atoms in total. The predicted octanol–water partition coefficient (Wildman–Crippen LogP) is 0.618. The highest BCUT2D eigenvalue weighted by atomic mass is 16.4. The molecule has 4 atom stereocenters. The number of aliphatic carboxylic acids is 1. The molecule has 0 aliphatic carbocycles. The molecule has 0 saturated carbocycles. The Bertz CT molecular complexity index is 846. The second kappa shape index (κ2) is 14.6. The number of nitrogens with two attached hydrogens (primary N) is 3. The summed E-state index contributed by atoms with van der Waals surface area (Å²) < 4.78 is 0. The first-order chi connectivity index (χ1) is 16.4. The number of carboxylic acids is 1. The lowest BCUT2D eigenvalue weighted by Gasteiger charge is -2.34. The summed E-state index contributed by atoms with van der Waals surface area (Å²) in [5, 5.41) is 12.1. The van der Waals surface area contributed by atoms with Crippen LogP contribution in [0.1, 0.15) is 52.5 Å². The summed E-state index contributed by atoms with van der Waals surface area (Å²) in [5.41, 5.74) is 18.5. The van der Waals surface area contributed by atoms with Gasteiger partial charge in [0, 0.05) is 6.42 Å². The smallest absolute Gasteiger partial charge is 0.326 e. The van der Waals surface area contributed by atoms with Crippen LogP contribution in [-0.2, 0) is 25.6 Å². The van der Waals surface area contributed by atoms with Crippen LogP contribution in [0.5, 0.6) is 0 Å². The molecule has 1 aromatic carbocycles. The average Bonchev–Trinajstić information content (AvgIpc) is 2.81. The Labute approximate surface area is 207 Å². The molecule has 196 valence electrons. The van der Waals surface area contributed by atoms with Crippen molar-refractivity contribution in [2.75, 3.05) is 6.54 Å². The van der Waals surface area contributed by atoms with E-state index in [1.807, 2.05) is 0 Å². The number of nitrogens with zero attached hydrogens (tertiary/aromatic N) is 1. The fraction of sp³-hybridized carbons (Fsp3) is 0.600. The Kier molecular flexibility index (Phi) is 12.6. The van der Waals surface area contributed by atoms with Crippen LogP contribution in [0, 0.1) is 11.8 Å². The van der Waals surface area contributed by atoms with E-state index in [1.165, 1.54) is 0 Å². The van der Waals surface area contributed by atoms with Gasteiger partial charge >= 0.3 is 5.97 Å². The van der Waals surface area contributed by atoms with Gasteiger partial charge in [-0.2, -0.15) is 0 Å². The van der Waals surface area contributed by atoms with Gasteiger partial charge in [0.1, 0.15) is 12.1 Å². The van der Waals surface area contributed by atoms with Crippen molar-refractivity contribution in [1.29, 1.82) is 0 Å². The van der Waals surface area contributed by atoms with Crippen LogP contribution in [-0.4, -0.2) is 64.4 Å². The second-order valence-electron chi connectivity index (χ2n) is 9.48. The molecule has 0 fully saturated rings. The zero-order valence-corrected chi connectivity index (χ0v) is 21.1. The van der Waals surface area contributed by atoms with E-state index >= 15 is 0 Å². The maximum Gasteiger partial charge on any atom is 0.326 e. The van der Waals surface area contributed by atoms with Gasteiger partial charge in [-0.1, -0.05) is 64.4 Å². The first-order valence-electron chi connectivity index (χ1n) is 12.1. The van der Waals surface area contributed by atoms with Crippen molar-refractivity contribution in [1.82, 2.24) is 10.2 Å². The number of benzene rings is 1. The third kappa shape index (κ3) is 9.04. The van der Waals surface area contributed by atoms with Gasteiger partial charge in [0.15, 0.2) is 0 Å². The lowest BCUT2D eigenvalue weighted by Crippen LogP contribution is -2.62. The molecule has 0 saturated heterocycles. The van der Waals surface area contributed by atoms with Crippen molar-refractivity contribution >= 4 is 23.7 Å². The van der Waals surface area contributed by atoms with E-state index in [-0.39, 0.29) is 18.8 Å². The Balaban J connectivity index is 3.49. The third-order valence-electron chi connectivity index (χ3n) is 5.88. The van der Waals surface area contributed by atoms with Crippen molar-refractivity contribution < 1.29 is 24.3 Å². The van der Waals surface area contributed by atoms with Crippen molar-refractivity contribution in [3.05, 3.63) is 35.9 Å². The van der Waals surface area contributed by atoms with Gasteiger partial charge in [-0.3, -0.25) is 19.3 Å². The Morgan fingerprint density at radius 3 is 2.03 bits per heavy atom. The van der Waals surface area contributed by atoms with E-state index in [1.54, 1.807) is 58.0 Å². The normalized spacial score (nSPS) is 14.8. The zero-order chi connectivity index (χ0) is 26.7. The number of hydrogen-bond donors (Lipinski definition) is 5. The minimum absolute atomic E-state index is 0.0189. The summed E-state index contributed by atoms with van der Waals surface area (Å²) in [6.07, 6.45) is 1.49. The molecule has 0 aromatic heterocycles. The topological polar surface area (TPSA) is 182 Å². The highest BCUT2D eigenvalue weighted by Crippen LogP contribution is 2.17. The van der Waals surface area contributed by atoms with E-state index in [9.17, 15) is 24.3 Å². The lowest BCUT2D eigenvalue weighted by atomic mass is 9.97. The minimum atomic E-state index is -1.33. The molecule has 3 amide bonds. The first kappa shape index (κ1) is 30.2. The number of rotatable bonds is 14. The molecule has 0 radical (unpaired) electrons. The van der Waals surface area contributed by atoms with Crippen molar-refractivity contribution in [2.45, 2.75) is 77.5 Å². The summed E-state index contributed by atoms with van der Waals surface area (Å²) >= 11 is 0. The second-order valence-corrected chi connectivity index (χ2v) is 9.48. The summed E-state index contributed by atoms with van der Waals surface area (Å²) in [6.45, 7) is 7.21. The number of carboxylic acid groups (broad SMARTS) is 1. The molecule has 1 aromatic rings. The number of hydrogen-bond acceptors (Lipinski definition) is 7. The predicted molar refractivity (Wildman–Crippen MR) is 134 cm³/mol. The van der Waals surface area contributed by atoms with Gasteiger partial charge in [0.2, 0.25) is 17.7 Å². The van der Waals surface area contributed by atoms with E-state index in [2.05, 4.69) is 5.32 Å². The van der Waals surface area contributed by atoms with Gasteiger partial charge < -0.3 is 27.6 Å². The minimum Gasteiger partial charge on any atom is -0.480 e. The maximum absolute atomic E-state index is 13.5. The van der Waals surface area contributed by atoms with Crippen LogP contribution < -0.4 is 22.5 Å². The summed E-state index contributed by atoms with van der Waals surface area (Å²) in [6, 6.07) is 4.22. The number of nitrogens with one attached hydrogen (secondary N) is 1. The number of carbonyl (C=O) groups is 4. The molecule has 0 spiro atoms. The van der Waals surface area contributed by atoms with Crippen molar-refractivity contribution in [2.24, 2.45) is 29.0 Å². The fourth-order valence-electron chi connectivity index (χ4n) is 3.57. The molecule has 0 aliphatic rings. The number of unbranched alkanes of at least 4 members (excludes halogenated alkanes) is 1. The van der Waals surface area contributed by atoms with E-state index in [0.29, 0.717) is 24.9 Å². The molecule has 1 rings (SSSR count). The third-order valence-corrected chi connectivity index (χ3v) is 5.88. The molecule has 35 heavy (non-hydrogen) atoms. The molecule has 4 unspecified atom stereocenters. The number of amides is 3. The maximum atomic E-state index is 13.5. The van der Waals surface area contributed by atoms with Crippen LogP contribution in [0.2, 0.25) is 0 Å². The van der Waals surface area contributed by atoms with Crippen LogP contribution in [0.25, 0.3) is 0 Å². The van der Waals surface area contributed by atoms with Crippen LogP contribution in [0.3, 0.4) is 0 Å². The number of imide groups is 1. The van der Waals surface area contributed by atoms with Crippen LogP contribution in [0.15, 0.2) is 30.3 Å². The van der Waals surface area contributed by atoms with Crippen LogP contribution in [0.4, 0.5) is 0 Å². The summed E-state index contributed by atoms with van der Waals surface area (Å²) in [5.74, 6) is -4.17. The highest BCUT2D eigenvalue weighted by molar-refractivity contribution is 6.04.